The minimum Gasteiger partial charge on any atom is -0.396 e. The molecule has 1 heterocycles. The van der Waals surface area contributed by atoms with E-state index in [1.54, 1.807) is 24.4 Å². The quantitative estimate of drug-likeness (QED) is 0.724. The van der Waals surface area contributed by atoms with E-state index in [2.05, 4.69) is 15.6 Å². The minimum atomic E-state index is -0.535. The third-order valence-electron chi connectivity index (χ3n) is 2.66. The zero-order chi connectivity index (χ0) is 14.4. The van der Waals surface area contributed by atoms with Crippen LogP contribution in [0.1, 0.15) is 10.4 Å². The zero-order valence-corrected chi connectivity index (χ0v) is 10.8. The maximum absolute atomic E-state index is 13.4. The SMILES string of the molecule is Nc1cccnc1NCCNC(=O)c1ccccc1F. The Kier molecular flexibility index (Phi) is 4.49. The van der Waals surface area contributed by atoms with Crippen molar-refractivity contribution in [1.82, 2.24) is 10.3 Å². The van der Waals surface area contributed by atoms with Gasteiger partial charge in [-0.25, -0.2) is 9.37 Å². The molecule has 0 aliphatic heterocycles. The van der Waals surface area contributed by atoms with Gasteiger partial charge in [-0.2, -0.15) is 0 Å². The third kappa shape index (κ3) is 3.44. The van der Waals surface area contributed by atoms with E-state index in [0.717, 1.165) is 0 Å². The molecule has 5 nitrogen and oxygen atoms in total. The van der Waals surface area contributed by atoms with Gasteiger partial charge in [0.15, 0.2) is 0 Å². The first-order chi connectivity index (χ1) is 9.68. The summed E-state index contributed by atoms with van der Waals surface area (Å²) >= 11 is 0. The minimum absolute atomic E-state index is 0.0323. The van der Waals surface area contributed by atoms with E-state index in [9.17, 15) is 9.18 Å². The predicted molar refractivity (Wildman–Crippen MR) is 75.9 cm³/mol. The summed E-state index contributed by atoms with van der Waals surface area (Å²) in [6.45, 7) is 0.782. The van der Waals surface area contributed by atoms with Gasteiger partial charge < -0.3 is 16.4 Å². The number of anilines is 2. The first-order valence-corrected chi connectivity index (χ1v) is 6.15. The van der Waals surface area contributed by atoms with Crippen LogP contribution in [-0.4, -0.2) is 24.0 Å². The number of nitrogens with zero attached hydrogens (tertiary/aromatic N) is 1. The number of pyridine rings is 1. The highest BCUT2D eigenvalue weighted by Gasteiger charge is 2.09. The molecule has 20 heavy (non-hydrogen) atoms. The molecule has 0 unspecified atom stereocenters. The van der Waals surface area contributed by atoms with Crippen LogP contribution in [0.3, 0.4) is 0 Å². The van der Waals surface area contributed by atoms with Crippen molar-refractivity contribution >= 4 is 17.4 Å². The van der Waals surface area contributed by atoms with Crippen LogP contribution in [0.25, 0.3) is 0 Å². The third-order valence-corrected chi connectivity index (χ3v) is 2.66. The molecule has 0 radical (unpaired) electrons. The predicted octanol–water partition coefficient (Wildman–Crippen LogP) is 1.64. The summed E-state index contributed by atoms with van der Waals surface area (Å²) in [4.78, 5) is 15.8. The average Bonchev–Trinajstić information content (AvgIpc) is 2.45. The van der Waals surface area contributed by atoms with Crippen molar-refractivity contribution in [1.29, 1.82) is 0 Å². The molecular formula is C14H15FN4O. The zero-order valence-electron chi connectivity index (χ0n) is 10.8. The Morgan fingerprint density at radius 1 is 1.20 bits per heavy atom. The summed E-state index contributed by atoms with van der Waals surface area (Å²) in [6.07, 6.45) is 1.62. The Bertz CT molecular complexity index is 603. The van der Waals surface area contributed by atoms with Gasteiger partial charge in [0.25, 0.3) is 5.91 Å². The molecule has 0 saturated carbocycles. The molecule has 1 amide bonds. The number of hydrogen-bond acceptors (Lipinski definition) is 4. The normalized spacial score (nSPS) is 10.1. The fraction of sp³-hybridized carbons (Fsp3) is 0.143. The Morgan fingerprint density at radius 3 is 2.75 bits per heavy atom. The first-order valence-electron chi connectivity index (χ1n) is 6.15. The summed E-state index contributed by atoms with van der Waals surface area (Å²) in [5.41, 5.74) is 6.28. The summed E-state index contributed by atoms with van der Waals surface area (Å²) < 4.78 is 13.4. The highest BCUT2D eigenvalue weighted by molar-refractivity contribution is 5.94. The summed E-state index contributed by atoms with van der Waals surface area (Å²) in [5.74, 6) is -0.418. The van der Waals surface area contributed by atoms with Crippen molar-refractivity contribution in [2.24, 2.45) is 0 Å². The molecule has 6 heteroatoms. The fourth-order valence-corrected chi connectivity index (χ4v) is 1.66. The van der Waals surface area contributed by atoms with E-state index in [4.69, 9.17) is 5.73 Å². The van der Waals surface area contributed by atoms with Crippen molar-refractivity contribution < 1.29 is 9.18 Å². The Hall–Kier alpha value is -2.63. The molecule has 0 spiro atoms. The first kappa shape index (κ1) is 13.8. The van der Waals surface area contributed by atoms with Gasteiger partial charge in [0, 0.05) is 19.3 Å². The molecule has 2 rings (SSSR count). The van der Waals surface area contributed by atoms with E-state index in [1.807, 2.05) is 0 Å². The highest BCUT2D eigenvalue weighted by Crippen LogP contribution is 2.11. The molecule has 1 aromatic carbocycles. The van der Waals surface area contributed by atoms with Crippen LogP contribution in [0, 0.1) is 5.82 Å². The van der Waals surface area contributed by atoms with Gasteiger partial charge in [0.2, 0.25) is 0 Å². The number of rotatable bonds is 5. The van der Waals surface area contributed by atoms with Gasteiger partial charge in [0.05, 0.1) is 11.3 Å². The second kappa shape index (κ2) is 6.51. The molecule has 0 fully saturated rings. The van der Waals surface area contributed by atoms with Crippen LogP contribution in [0.4, 0.5) is 15.9 Å². The average molecular weight is 274 g/mol. The summed E-state index contributed by atoms with van der Waals surface area (Å²) in [6, 6.07) is 9.31. The molecule has 4 N–H and O–H groups in total. The molecule has 0 aliphatic carbocycles. The number of halogens is 1. The molecular weight excluding hydrogens is 259 g/mol. The lowest BCUT2D eigenvalue weighted by Gasteiger charge is -2.09. The maximum Gasteiger partial charge on any atom is 0.254 e. The van der Waals surface area contributed by atoms with Crippen LogP contribution in [0.2, 0.25) is 0 Å². The standard InChI is InChI=1S/C14H15FN4O/c15-11-5-2-1-4-10(11)14(20)19-9-8-18-13-12(16)6-3-7-17-13/h1-7H,8-9,16H2,(H,17,18)(H,19,20). The molecule has 2 aromatic rings. The number of nitrogens with two attached hydrogens (primary N) is 1. The maximum atomic E-state index is 13.4. The fourth-order valence-electron chi connectivity index (χ4n) is 1.66. The molecule has 0 aliphatic rings. The van der Waals surface area contributed by atoms with E-state index < -0.39 is 11.7 Å². The number of carbonyl (C=O) groups excluding carboxylic acids is 1. The molecule has 0 bridgehead atoms. The van der Waals surface area contributed by atoms with Crippen LogP contribution >= 0.6 is 0 Å². The monoisotopic (exact) mass is 274 g/mol. The molecule has 104 valence electrons. The van der Waals surface area contributed by atoms with Crippen LogP contribution in [0.15, 0.2) is 42.6 Å². The van der Waals surface area contributed by atoms with Gasteiger partial charge in [-0.1, -0.05) is 12.1 Å². The Balaban J connectivity index is 1.81. The van der Waals surface area contributed by atoms with Gasteiger partial charge in [-0.05, 0) is 24.3 Å². The van der Waals surface area contributed by atoms with Crippen LogP contribution in [0.5, 0.6) is 0 Å². The Morgan fingerprint density at radius 2 is 2.00 bits per heavy atom. The molecule has 1 aromatic heterocycles. The lowest BCUT2D eigenvalue weighted by Crippen LogP contribution is -2.29. The Labute approximate surface area is 116 Å². The van der Waals surface area contributed by atoms with Gasteiger partial charge >= 0.3 is 0 Å². The number of benzene rings is 1. The largest absolute Gasteiger partial charge is 0.396 e. The van der Waals surface area contributed by atoms with Crippen LogP contribution < -0.4 is 16.4 Å². The van der Waals surface area contributed by atoms with E-state index >= 15 is 0 Å². The lowest BCUT2D eigenvalue weighted by molar-refractivity contribution is 0.0951. The number of carbonyl (C=O) groups is 1. The van der Waals surface area contributed by atoms with Crippen molar-refractivity contribution in [3.63, 3.8) is 0 Å². The van der Waals surface area contributed by atoms with E-state index in [1.165, 1.54) is 18.2 Å². The van der Waals surface area contributed by atoms with Crippen molar-refractivity contribution in [3.05, 3.63) is 54.0 Å². The molecule has 0 saturated heterocycles. The number of nitrogen functional groups attached to an aromatic ring is 1. The van der Waals surface area contributed by atoms with Gasteiger partial charge in [0.1, 0.15) is 11.6 Å². The number of amides is 1. The van der Waals surface area contributed by atoms with Crippen molar-refractivity contribution in [2.75, 3.05) is 24.1 Å². The smallest absolute Gasteiger partial charge is 0.254 e. The second-order valence-corrected chi connectivity index (χ2v) is 4.10. The van der Waals surface area contributed by atoms with Crippen molar-refractivity contribution in [3.8, 4) is 0 Å². The number of hydrogen-bond donors (Lipinski definition) is 3. The number of aromatic nitrogens is 1. The molecule has 0 atom stereocenters. The lowest BCUT2D eigenvalue weighted by atomic mass is 10.2. The summed E-state index contributed by atoms with van der Waals surface area (Å²) in [7, 11) is 0. The van der Waals surface area contributed by atoms with E-state index in [-0.39, 0.29) is 5.56 Å². The van der Waals surface area contributed by atoms with Crippen LogP contribution in [-0.2, 0) is 0 Å². The summed E-state index contributed by atoms with van der Waals surface area (Å²) in [5, 5.41) is 5.61. The second-order valence-electron chi connectivity index (χ2n) is 4.10. The van der Waals surface area contributed by atoms with Gasteiger partial charge in [-0.15, -0.1) is 0 Å². The highest BCUT2D eigenvalue weighted by atomic mass is 19.1. The number of nitrogens with one attached hydrogen (secondary N) is 2. The van der Waals surface area contributed by atoms with E-state index in [0.29, 0.717) is 24.6 Å². The van der Waals surface area contributed by atoms with Gasteiger partial charge in [-0.3, -0.25) is 4.79 Å². The topological polar surface area (TPSA) is 80.0 Å². The van der Waals surface area contributed by atoms with Crippen molar-refractivity contribution in [2.45, 2.75) is 0 Å².